The molecule has 0 spiro atoms. The van der Waals surface area contributed by atoms with E-state index in [1.807, 2.05) is 31.2 Å². The van der Waals surface area contributed by atoms with Crippen molar-refractivity contribution in [3.05, 3.63) is 89.2 Å². The fraction of sp³-hybridized carbons (Fsp3) is 0.160. The van der Waals surface area contributed by atoms with Crippen LogP contribution in [0, 0.1) is 11.6 Å². The molecular formula is C25H21ClF2N4O3S. The molecule has 0 atom stereocenters. The molecule has 186 valence electrons. The van der Waals surface area contributed by atoms with Crippen LogP contribution >= 0.6 is 23.4 Å². The summed E-state index contributed by atoms with van der Waals surface area (Å²) in [6.07, 6.45) is 0. The van der Waals surface area contributed by atoms with E-state index in [-0.39, 0.29) is 18.0 Å². The Bertz CT molecular complexity index is 1330. The number of nitrogens with zero attached hydrogens (tertiary/aromatic N) is 3. The van der Waals surface area contributed by atoms with Crippen LogP contribution in [0.3, 0.4) is 0 Å². The average Bonchev–Trinajstić information content (AvgIpc) is 3.28. The van der Waals surface area contributed by atoms with E-state index in [1.54, 1.807) is 28.8 Å². The molecule has 0 bridgehead atoms. The molecule has 3 aromatic carbocycles. The highest BCUT2D eigenvalue weighted by Gasteiger charge is 2.17. The van der Waals surface area contributed by atoms with Crippen LogP contribution in [0.1, 0.15) is 12.7 Å². The minimum absolute atomic E-state index is 0.0355. The van der Waals surface area contributed by atoms with Crippen molar-refractivity contribution >= 4 is 35.0 Å². The zero-order valence-electron chi connectivity index (χ0n) is 19.1. The molecule has 4 aromatic rings. The number of hydrogen-bond acceptors (Lipinski definition) is 6. The SMILES string of the molecule is CCOc1ccc(-n2c(COc3ccc(Cl)cc3)nnc2SCC(=O)Nc2ccc(F)c(F)c2)cc1. The number of rotatable bonds is 10. The zero-order chi connectivity index (χ0) is 25.5. The molecule has 36 heavy (non-hydrogen) atoms. The quantitative estimate of drug-likeness (QED) is 0.257. The second kappa shape index (κ2) is 11.9. The highest BCUT2D eigenvalue weighted by atomic mass is 35.5. The third-order valence-corrected chi connectivity index (χ3v) is 6.00. The average molecular weight is 531 g/mol. The monoisotopic (exact) mass is 530 g/mol. The number of carbonyl (C=O) groups excluding carboxylic acids is 1. The first kappa shape index (κ1) is 25.5. The second-order valence-corrected chi connectivity index (χ2v) is 8.75. The van der Waals surface area contributed by atoms with Gasteiger partial charge in [0.25, 0.3) is 0 Å². The van der Waals surface area contributed by atoms with Crippen molar-refractivity contribution in [2.75, 3.05) is 17.7 Å². The van der Waals surface area contributed by atoms with Gasteiger partial charge in [-0.3, -0.25) is 9.36 Å². The number of carbonyl (C=O) groups is 1. The standard InChI is InChI=1S/C25H21ClF2N4O3S/c1-2-34-19-10-6-18(7-11-19)32-23(14-35-20-8-3-16(26)4-9-20)30-31-25(32)36-15-24(33)29-17-5-12-21(27)22(28)13-17/h3-13H,2,14-15H2,1H3,(H,29,33). The number of amides is 1. The van der Waals surface area contributed by atoms with E-state index in [2.05, 4.69) is 15.5 Å². The van der Waals surface area contributed by atoms with Crippen LogP contribution in [0.2, 0.25) is 5.02 Å². The Kier molecular flexibility index (Phi) is 8.40. The molecule has 1 aromatic heterocycles. The first-order valence-corrected chi connectivity index (χ1v) is 12.2. The first-order valence-electron chi connectivity index (χ1n) is 10.9. The van der Waals surface area contributed by atoms with Crippen molar-refractivity contribution in [2.24, 2.45) is 0 Å². The van der Waals surface area contributed by atoms with E-state index in [4.69, 9.17) is 21.1 Å². The van der Waals surface area contributed by atoms with Gasteiger partial charge in [0, 0.05) is 22.5 Å². The molecule has 0 saturated carbocycles. The maximum Gasteiger partial charge on any atom is 0.234 e. The lowest BCUT2D eigenvalue weighted by Crippen LogP contribution is -2.15. The van der Waals surface area contributed by atoms with Crippen LogP contribution in [-0.2, 0) is 11.4 Å². The van der Waals surface area contributed by atoms with Gasteiger partial charge in [-0.2, -0.15) is 0 Å². The summed E-state index contributed by atoms with van der Waals surface area (Å²) in [5.41, 5.74) is 0.909. The maximum atomic E-state index is 13.4. The van der Waals surface area contributed by atoms with E-state index in [9.17, 15) is 13.6 Å². The summed E-state index contributed by atoms with van der Waals surface area (Å²) in [7, 11) is 0. The highest BCUT2D eigenvalue weighted by molar-refractivity contribution is 7.99. The van der Waals surface area contributed by atoms with Gasteiger partial charge in [0.2, 0.25) is 5.91 Å². The van der Waals surface area contributed by atoms with Crippen molar-refractivity contribution in [1.82, 2.24) is 14.8 Å². The van der Waals surface area contributed by atoms with Crippen LogP contribution in [-0.4, -0.2) is 33.0 Å². The minimum atomic E-state index is -1.04. The number of ether oxygens (including phenoxy) is 2. The summed E-state index contributed by atoms with van der Waals surface area (Å²) in [4.78, 5) is 12.4. The number of anilines is 1. The van der Waals surface area contributed by atoms with Crippen LogP contribution in [0.5, 0.6) is 11.5 Å². The molecule has 0 unspecified atom stereocenters. The highest BCUT2D eigenvalue weighted by Crippen LogP contribution is 2.25. The van der Waals surface area contributed by atoms with Crippen molar-refractivity contribution in [1.29, 1.82) is 0 Å². The first-order chi connectivity index (χ1) is 17.4. The summed E-state index contributed by atoms with van der Waals surface area (Å²) >= 11 is 7.08. The lowest BCUT2D eigenvalue weighted by Gasteiger charge is -2.12. The third kappa shape index (κ3) is 6.52. The molecule has 0 saturated heterocycles. The Morgan fingerprint density at radius 1 is 0.972 bits per heavy atom. The largest absolute Gasteiger partial charge is 0.494 e. The van der Waals surface area contributed by atoms with Crippen LogP contribution in [0.15, 0.2) is 71.9 Å². The van der Waals surface area contributed by atoms with E-state index < -0.39 is 17.5 Å². The van der Waals surface area contributed by atoms with Gasteiger partial charge in [-0.25, -0.2) is 8.78 Å². The maximum absolute atomic E-state index is 13.4. The van der Waals surface area contributed by atoms with Gasteiger partial charge in [-0.1, -0.05) is 23.4 Å². The summed E-state index contributed by atoms with van der Waals surface area (Å²) in [5, 5.41) is 12.1. The van der Waals surface area contributed by atoms with Crippen molar-refractivity contribution in [3.8, 4) is 17.2 Å². The van der Waals surface area contributed by atoms with Gasteiger partial charge < -0.3 is 14.8 Å². The van der Waals surface area contributed by atoms with Crippen molar-refractivity contribution in [2.45, 2.75) is 18.7 Å². The predicted octanol–water partition coefficient (Wildman–Crippen LogP) is 5.91. The fourth-order valence-corrected chi connectivity index (χ4v) is 4.08. The topological polar surface area (TPSA) is 78.3 Å². The van der Waals surface area contributed by atoms with Crippen molar-refractivity contribution < 1.29 is 23.0 Å². The van der Waals surface area contributed by atoms with Crippen molar-refractivity contribution in [3.63, 3.8) is 0 Å². The van der Waals surface area contributed by atoms with E-state index in [0.29, 0.717) is 34.1 Å². The number of hydrogen-bond donors (Lipinski definition) is 1. The van der Waals surface area contributed by atoms with E-state index >= 15 is 0 Å². The summed E-state index contributed by atoms with van der Waals surface area (Å²) in [6, 6.07) is 17.5. The van der Waals surface area contributed by atoms with Gasteiger partial charge >= 0.3 is 0 Å². The molecule has 11 heteroatoms. The van der Waals surface area contributed by atoms with E-state index in [0.717, 1.165) is 29.6 Å². The molecule has 0 aliphatic carbocycles. The predicted molar refractivity (Wildman–Crippen MR) is 134 cm³/mol. The fourth-order valence-electron chi connectivity index (χ4n) is 3.18. The van der Waals surface area contributed by atoms with Gasteiger partial charge in [0.15, 0.2) is 22.6 Å². The molecule has 4 rings (SSSR count). The van der Waals surface area contributed by atoms with Gasteiger partial charge in [0.05, 0.1) is 12.4 Å². The normalized spacial score (nSPS) is 10.8. The molecule has 0 aliphatic heterocycles. The van der Waals surface area contributed by atoms with Crippen LogP contribution in [0.25, 0.3) is 5.69 Å². The lowest BCUT2D eigenvalue weighted by molar-refractivity contribution is -0.113. The number of halogens is 3. The Hall–Kier alpha value is -3.63. The number of nitrogens with one attached hydrogen (secondary N) is 1. The minimum Gasteiger partial charge on any atom is -0.494 e. The molecule has 1 N–H and O–H groups in total. The second-order valence-electron chi connectivity index (χ2n) is 7.37. The van der Waals surface area contributed by atoms with Gasteiger partial charge in [-0.15, -0.1) is 10.2 Å². The summed E-state index contributed by atoms with van der Waals surface area (Å²) in [5.74, 6) is -0.634. The molecule has 1 heterocycles. The van der Waals surface area contributed by atoms with Gasteiger partial charge in [0.1, 0.15) is 18.1 Å². The Labute approximate surface area is 215 Å². The molecular weight excluding hydrogens is 510 g/mol. The Balaban J connectivity index is 1.51. The number of thioether (sulfide) groups is 1. The summed E-state index contributed by atoms with van der Waals surface area (Å²) < 4.78 is 39.7. The van der Waals surface area contributed by atoms with E-state index in [1.165, 1.54) is 6.07 Å². The molecule has 0 radical (unpaired) electrons. The zero-order valence-corrected chi connectivity index (χ0v) is 20.7. The Morgan fingerprint density at radius 2 is 1.67 bits per heavy atom. The molecule has 7 nitrogen and oxygen atoms in total. The number of aromatic nitrogens is 3. The molecule has 0 fully saturated rings. The third-order valence-electron chi connectivity index (χ3n) is 4.82. The van der Waals surface area contributed by atoms with Gasteiger partial charge in [-0.05, 0) is 67.6 Å². The Morgan fingerprint density at radius 3 is 2.36 bits per heavy atom. The summed E-state index contributed by atoms with van der Waals surface area (Å²) in [6.45, 7) is 2.56. The number of benzene rings is 3. The smallest absolute Gasteiger partial charge is 0.234 e. The molecule has 1 amide bonds. The molecule has 0 aliphatic rings. The van der Waals surface area contributed by atoms with Crippen LogP contribution < -0.4 is 14.8 Å². The lowest BCUT2D eigenvalue weighted by atomic mass is 10.3. The van der Waals surface area contributed by atoms with Crippen LogP contribution in [0.4, 0.5) is 14.5 Å².